The molecule has 0 aromatic heterocycles. The minimum Gasteiger partial charge on any atom is -0.494 e. The van der Waals surface area contributed by atoms with Gasteiger partial charge in [0, 0.05) is 55.9 Å². The first-order valence-corrected chi connectivity index (χ1v) is 28.8. The van der Waals surface area contributed by atoms with Gasteiger partial charge in [0.2, 0.25) is 23.6 Å². The Morgan fingerprint density at radius 1 is 0.500 bits per heavy atom. The predicted octanol–water partition coefficient (Wildman–Crippen LogP) is -1.17. The second-order valence-corrected chi connectivity index (χ2v) is 18.4. The molecule has 0 saturated heterocycles. The number of carboxylic acid groups (broad SMARTS) is 1. The van der Waals surface area contributed by atoms with Gasteiger partial charge < -0.3 is 105 Å². The maximum Gasteiger partial charge on any atom is 0.326 e. The van der Waals surface area contributed by atoms with Gasteiger partial charge in [-0.3, -0.25) is 38.5 Å². The van der Waals surface area contributed by atoms with Gasteiger partial charge >= 0.3 is 5.97 Å². The molecule has 88 heavy (non-hydrogen) atoms. The van der Waals surface area contributed by atoms with Crippen LogP contribution >= 0.6 is 0 Å². The first kappa shape index (κ1) is 75.0. The van der Waals surface area contributed by atoms with Gasteiger partial charge in [-0.2, -0.15) is 0 Å². The summed E-state index contributed by atoms with van der Waals surface area (Å²) in [6, 6.07) is 10.8. The van der Waals surface area contributed by atoms with Gasteiger partial charge in [-0.1, -0.05) is 6.07 Å². The number of nitrogens with two attached hydrogens (primary N) is 2. The number of guanidine groups is 1. The smallest absolute Gasteiger partial charge is 0.326 e. The van der Waals surface area contributed by atoms with Crippen LogP contribution in [0.4, 0.5) is 11.4 Å². The summed E-state index contributed by atoms with van der Waals surface area (Å²) in [4.78, 5) is 101. The summed E-state index contributed by atoms with van der Waals surface area (Å²) in [6.07, 6.45) is 2.54. The third kappa shape index (κ3) is 39.5. The fourth-order valence-corrected chi connectivity index (χ4v) is 7.09. The van der Waals surface area contributed by atoms with Crippen molar-refractivity contribution in [1.29, 1.82) is 0 Å². The summed E-state index contributed by atoms with van der Waals surface area (Å²) in [6.45, 7) is 10.2. The molecule has 31 heteroatoms. The molecule has 1 aliphatic rings. The van der Waals surface area contributed by atoms with Crippen LogP contribution in [0, 0.1) is 0 Å². The van der Waals surface area contributed by atoms with Gasteiger partial charge in [-0.15, -0.1) is 0 Å². The monoisotopic (exact) mass is 1250 g/mol. The number of nitrogens with one attached hydrogen (secondary N) is 5. The summed E-state index contributed by atoms with van der Waals surface area (Å²) >= 11 is 0. The number of aliphatic imine (C=N–C) groups is 1. The third-order valence-electron chi connectivity index (χ3n) is 11.4. The molecule has 2 aromatic carbocycles. The highest BCUT2D eigenvalue weighted by Gasteiger charge is 2.25. The first-order valence-electron chi connectivity index (χ1n) is 28.8. The van der Waals surface area contributed by atoms with Gasteiger partial charge in [-0.05, 0) is 48.9 Å². The molecule has 2 aromatic rings. The van der Waals surface area contributed by atoms with E-state index in [0.717, 1.165) is 4.90 Å². The molecule has 0 unspecified atom stereocenters. The molecule has 1 atom stereocenters. The molecule has 0 saturated carbocycles. The Balaban J connectivity index is 0.965. The van der Waals surface area contributed by atoms with Crippen LogP contribution in [0.15, 0.2) is 65.7 Å². The van der Waals surface area contributed by atoms with Crippen LogP contribution in [0.5, 0.6) is 5.75 Å². The number of carbonyl (C=O) groups is 8. The molecule has 492 valence electrons. The lowest BCUT2D eigenvalue weighted by Crippen LogP contribution is -2.47. The minimum atomic E-state index is -1.56. The number of rotatable bonds is 56. The number of amides is 7. The molecule has 1 aliphatic heterocycles. The van der Waals surface area contributed by atoms with Crippen LogP contribution in [0.25, 0.3) is 0 Å². The van der Waals surface area contributed by atoms with E-state index in [9.17, 15) is 43.5 Å². The zero-order valence-electron chi connectivity index (χ0n) is 49.8. The van der Waals surface area contributed by atoms with Crippen molar-refractivity contribution >= 4 is 64.7 Å². The van der Waals surface area contributed by atoms with E-state index in [1.807, 2.05) is 0 Å². The van der Waals surface area contributed by atoms with Crippen molar-refractivity contribution in [2.24, 2.45) is 16.5 Å². The number of hydrogen-bond donors (Lipinski definition) is 8. The zero-order valence-corrected chi connectivity index (χ0v) is 49.8. The lowest BCUT2D eigenvalue weighted by atomic mass is 10.2. The van der Waals surface area contributed by atoms with E-state index in [0.29, 0.717) is 195 Å². The van der Waals surface area contributed by atoms with E-state index in [4.69, 9.17) is 73.0 Å². The third-order valence-corrected chi connectivity index (χ3v) is 11.4. The van der Waals surface area contributed by atoms with Gasteiger partial charge in [0.15, 0.2) is 5.96 Å². The van der Waals surface area contributed by atoms with Crippen molar-refractivity contribution in [2.45, 2.75) is 31.7 Å². The number of carboxylic acids is 1. The first-order chi connectivity index (χ1) is 42.8. The summed E-state index contributed by atoms with van der Waals surface area (Å²) in [5.74, 6) is -4.52. The fraction of sp³-hybridized carbons (Fsp3) is 0.596. The van der Waals surface area contributed by atoms with Crippen LogP contribution in [-0.2, 0) is 90.4 Å². The number of anilines is 1. The maximum atomic E-state index is 12.6. The van der Waals surface area contributed by atoms with Crippen LogP contribution in [0.2, 0.25) is 0 Å². The predicted molar refractivity (Wildman–Crippen MR) is 315 cm³/mol. The Hall–Kier alpha value is -7.27. The van der Waals surface area contributed by atoms with E-state index in [-0.39, 0.29) is 49.3 Å². The molecule has 1 heterocycles. The molecule has 0 radical (unpaired) electrons. The molecule has 7 amide bonds. The quantitative estimate of drug-likeness (QED) is 0.0167. The molecule has 31 nitrogen and oxygen atoms in total. The molecule has 0 spiro atoms. The number of imide groups is 1. The second-order valence-electron chi connectivity index (χ2n) is 18.4. The number of carbonyl (C=O) groups excluding carboxylic acids is 7. The number of ether oxygens (including phenoxy) is 13. The van der Waals surface area contributed by atoms with Gasteiger partial charge in [-0.25, -0.2) is 9.79 Å². The highest BCUT2D eigenvalue weighted by Crippen LogP contribution is 2.17. The fourth-order valence-electron chi connectivity index (χ4n) is 7.09. The minimum absolute atomic E-state index is 0.0360. The Bertz CT molecular complexity index is 2370. The van der Waals surface area contributed by atoms with Crippen molar-refractivity contribution in [3.8, 4) is 5.75 Å². The van der Waals surface area contributed by atoms with E-state index >= 15 is 0 Å². The van der Waals surface area contributed by atoms with Crippen LogP contribution in [-0.4, -0.2) is 261 Å². The number of benzene rings is 2. The summed E-state index contributed by atoms with van der Waals surface area (Å²) in [5.41, 5.74) is 11.6. The van der Waals surface area contributed by atoms with E-state index in [1.165, 1.54) is 24.3 Å². The summed E-state index contributed by atoms with van der Waals surface area (Å²) < 4.78 is 71.5. The Labute approximate surface area is 511 Å². The van der Waals surface area contributed by atoms with Crippen molar-refractivity contribution in [2.75, 3.05) is 197 Å². The van der Waals surface area contributed by atoms with Gasteiger partial charge in [0.1, 0.15) is 11.8 Å². The van der Waals surface area contributed by atoms with Gasteiger partial charge in [0.05, 0.1) is 184 Å². The molecule has 0 fully saturated rings. The van der Waals surface area contributed by atoms with Crippen molar-refractivity contribution in [1.82, 2.24) is 26.2 Å². The van der Waals surface area contributed by atoms with E-state index in [2.05, 4.69) is 31.6 Å². The average molecular weight is 1250 g/mol. The van der Waals surface area contributed by atoms with Crippen LogP contribution in [0.1, 0.15) is 36.0 Å². The Morgan fingerprint density at radius 2 is 0.943 bits per heavy atom. The second kappa shape index (κ2) is 49.7. The Kier molecular flexibility index (Phi) is 42.3. The highest BCUT2D eigenvalue weighted by molar-refractivity contribution is 6.13. The average Bonchev–Trinajstić information content (AvgIpc) is 3.90. The highest BCUT2D eigenvalue weighted by atomic mass is 16.6. The molecular weight excluding hydrogens is 1160 g/mol. The molecular formula is C57H87N9O22. The van der Waals surface area contributed by atoms with Gasteiger partial charge in [0.25, 0.3) is 17.7 Å². The lowest BCUT2D eigenvalue weighted by molar-refractivity contribution is -0.143. The summed E-state index contributed by atoms with van der Waals surface area (Å²) in [7, 11) is 0. The number of nitrogens with zero attached hydrogens (tertiary/aromatic N) is 2. The topological polar surface area (TPSA) is 405 Å². The normalized spacial score (nSPS) is 12.2. The van der Waals surface area contributed by atoms with Crippen molar-refractivity contribution < 1.29 is 105 Å². The number of aliphatic carboxylic acids is 1. The molecule has 0 bridgehead atoms. The van der Waals surface area contributed by atoms with Crippen molar-refractivity contribution in [3.63, 3.8) is 0 Å². The molecule has 3 rings (SSSR count). The number of hydrogen-bond acceptors (Lipinski definition) is 22. The van der Waals surface area contributed by atoms with E-state index < -0.39 is 54.5 Å². The van der Waals surface area contributed by atoms with E-state index in [1.54, 1.807) is 36.4 Å². The summed E-state index contributed by atoms with van der Waals surface area (Å²) in [5, 5.41) is 22.2. The zero-order chi connectivity index (χ0) is 63.5. The van der Waals surface area contributed by atoms with Crippen LogP contribution in [0.3, 0.4) is 0 Å². The lowest BCUT2D eigenvalue weighted by Gasteiger charge is -2.15. The largest absolute Gasteiger partial charge is 0.494 e. The van der Waals surface area contributed by atoms with Crippen molar-refractivity contribution in [3.05, 3.63) is 66.2 Å². The molecule has 0 aliphatic carbocycles. The van der Waals surface area contributed by atoms with Crippen LogP contribution < -0.4 is 42.8 Å². The SMILES string of the molecule is NC(N)=Nc1cccc(C(=O)NCC(=O)N[C@@H](CC(=O)Nc2ccc(OCCCNC(=O)CCOCCOCCOCCOCCOCCOCCOCCOCCOCCOCCOCCOCCNC(=O)CCN3C(=O)C=CC3=O)cc2)C(=O)O)c1. The molecule has 10 N–H and O–H groups in total. The Morgan fingerprint density at radius 3 is 1.41 bits per heavy atom. The maximum absolute atomic E-state index is 12.6. The standard InChI is InChI=1S/C57H87N9O22/c58-57(59)64-46-4-1-3-44(41-46)55(73)62-43-52(70)65-48(56(74)75)42-51(69)63-45-5-7-47(8-6-45)88-16-2-13-60-50(68)12-17-76-19-21-78-23-25-80-27-29-82-31-33-84-35-37-86-39-40-87-38-36-85-34-32-83-30-28-81-26-24-79-22-20-77-18-14-61-49(67)11-15-66-53(71)9-10-54(66)72/h1,3-10,41,48H,2,11-40,42-43H2,(H,60,68)(H,61,67)(H,62,73)(H,63,69)(H,65,70)(H,74,75)(H4,58,59,64)/t48-/m0/s1.